The summed E-state index contributed by atoms with van der Waals surface area (Å²) in [7, 11) is 0. The first-order valence-corrected chi connectivity index (χ1v) is 12.2. The van der Waals surface area contributed by atoms with Gasteiger partial charge in [-0.1, -0.05) is 11.2 Å². The van der Waals surface area contributed by atoms with Crippen LogP contribution in [0.5, 0.6) is 5.75 Å². The van der Waals surface area contributed by atoms with Gasteiger partial charge in [0.15, 0.2) is 5.58 Å². The fourth-order valence-electron chi connectivity index (χ4n) is 5.36. The molecule has 7 nitrogen and oxygen atoms in total. The van der Waals surface area contributed by atoms with Gasteiger partial charge in [-0.05, 0) is 73.1 Å². The van der Waals surface area contributed by atoms with Gasteiger partial charge in [-0.15, -0.1) is 0 Å². The number of carbonyl (C=O) groups excluding carboxylic acids is 3. The van der Waals surface area contributed by atoms with E-state index in [0.717, 1.165) is 60.7 Å². The molecule has 7 heteroatoms. The lowest BCUT2D eigenvalue weighted by molar-refractivity contribution is -0.131. The van der Waals surface area contributed by atoms with E-state index in [9.17, 15) is 14.4 Å². The predicted octanol–water partition coefficient (Wildman–Crippen LogP) is 4.80. The van der Waals surface area contributed by atoms with Crippen LogP contribution in [-0.2, 0) is 14.4 Å². The highest BCUT2D eigenvalue weighted by Crippen LogP contribution is 2.37. The minimum Gasteiger partial charge on any atom is -0.494 e. The maximum Gasteiger partial charge on any atom is 0.219 e. The quantitative estimate of drug-likeness (QED) is 0.386. The molecular formula is C27H30N2O5. The first-order valence-electron chi connectivity index (χ1n) is 12.2. The van der Waals surface area contributed by atoms with Gasteiger partial charge in [-0.25, -0.2) is 0 Å². The summed E-state index contributed by atoms with van der Waals surface area (Å²) in [6.45, 7) is 4.04. The lowest BCUT2D eigenvalue weighted by atomic mass is 9.83. The van der Waals surface area contributed by atoms with Gasteiger partial charge < -0.3 is 14.2 Å². The average molecular weight is 463 g/mol. The smallest absolute Gasteiger partial charge is 0.219 e. The Morgan fingerprint density at radius 3 is 2.74 bits per heavy atom. The molecule has 5 rings (SSSR count). The Balaban J connectivity index is 1.24. The molecule has 178 valence electrons. The lowest BCUT2D eigenvalue weighted by Crippen LogP contribution is -2.37. The van der Waals surface area contributed by atoms with Gasteiger partial charge in [0, 0.05) is 26.4 Å². The van der Waals surface area contributed by atoms with Crippen LogP contribution in [0.2, 0.25) is 0 Å². The Labute approximate surface area is 198 Å². The van der Waals surface area contributed by atoms with E-state index < -0.39 is 0 Å². The highest BCUT2D eigenvalue weighted by atomic mass is 16.5. The predicted molar refractivity (Wildman–Crippen MR) is 128 cm³/mol. The third kappa shape index (κ3) is 4.56. The van der Waals surface area contributed by atoms with E-state index >= 15 is 0 Å². The van der Waals surface area contributed by atoms with E-state index in [1.54, 1.807) is 6.92 Å². The lowest BCUT2D eigenvalue weighted by Gasteiger charge is -2.31. The second-order valence-corrected chi connectivity index (χ2v) is 9.60. The zero-order valence-corrected chi connectivity index (χ0v) is 19.5. The molecule has 1 unspecified atom stereocenters. The number of hydrogen-bond donors (Lipinski definition) is 0. The fourth-order valence-corrected chi connectivity index (χ4v) is 5.36. The second kappa shape index (κ2) is 9.57. The molecule has 0 bridgehead atoms. The molecule has 1 saturated carbocycles. The van der Waals surface area contributed by atoms with Gasteiger partial charge in [-0.3, -0.25) is 14.4 Å². The van der Waals surface area contributed by atoms with Crippen molar-refractivity contribution in [2.45, 2.75) is 57.8 Å². The maximum atomic E-state index is 12.5. The molecule has 2 fully saturated rings. The zero-order valence-electron chi connectivity index (χ0n) is 19.5. The van der Waals surface area contributed by atoms with E-state index in [4.69, 9.17) is 9.26 Å². The summed E-state index contributed by atoms with van der Waals surface area (Å²) in [5.74, 6) is 1.19. The number of hydrogen-bond acceptors (Lipinski definition) is 6. The van der Waals surface area contributed by atoms with E-state index in [1.165, 1.54) is 0 Å². The van der Waals surface area contributed by atoms with Gasteiger partial charge in [-0.2, -0.15) is 0 Å². The largest absolute Gasteiger partial charge is 0.494 e. The van der Waals surface area contributed by atoms with Crippen LogP contribution in [0.4, 0.5) is 0 Å². The third-order valence-corrected chi connectivity index (χ3v) is 7.34. The van der Waals surface area contributed by atoms with Crippen molar-refractivity contribution in [3.05, 3.63) is 36.0 Å². The summed E-state index contributed by atoms with van der Waals surface area (Å²) < 4.78 is 11.6. The number of amides is 1. The normalized spacial score (nSPS) is 19.8. The monoisotopic (exact) mass is 462 g/mol. The number of ketones is 2. The molecule has 1 amide bonds. The van der Waals surface area contributed by atoms with Crippen molar-refractivity contribution >= 4 is 39.2 Å². The summed E-state index contributed by atoms with van der Waals surface area (Å²) in [6, 6.07) is 9.83. The molecule has 3 aromatic rings. The Hall–Kier alpha value is -3.22. The highest BCUT2D eigenvalue weighted by Gasteiger charge is 2.32. The topological polar surface area (TPSA) is 89.7 Å². The number of rotatable bonds is 6. The second-order valence-electron chi connectivity index (χ2n) is 9.60. The number of piperidine rings is 1. The van der Waals surface area contributed by atoms with Crippen molar-refractivity contribution < 1.29 is 23.6 Å². The van der Waals surface area contributed by atoms with Crippen LogP contribution in [0.25, 0.3) is 21.7 Å². The molecule has 0 N–H and O–H groups in total. The van der Waals surface area contributed by atoms with E-state index in [-0.39, 0.29) is 29.8 Å². The van der Waals surface area contributed by atoms with E-state index in [0.29, 0.717) is 36.6 Å². The van der Waals surface area contributed by atoms with Crippen molar-refractivity contribution in [1.29, 1.82) is 0 Å². The van der Waals surface area contributed by atoms with Crippen molar-refractivity contribution in [3.63, 3.8) is 0 Å². The summed E-state index contributed by atoms with van der Waals surface area (Å²) in [5.41, 5.74) is 1.29. The first-order chi connectivity index (χ1) is 16.5. The number of Topliss-reactive ketones (excluding diaryl/α,β-unsaturated/α-hetero) is 2. The van der Waals surface area contributed by atoms with Crippen molar-refractivity contribution in [2.75, 3.05) is 19.7 Å². The maximum absolute atomic E-state index is 12.5. The Bertz CT molecular complexity index is 1240. The number of fused-ring (bicyclic) bond motifs is 3. The SMILES string of the molecule is CC(=O)N1CCC(CCCOc2ccc3c(ccc4onc(C5CCC(=O)CC5=O)c43)c2)CC1. The molecule has 1 saturated heterocycles. The van der Waals surface area contributed by atoms with Crippen molar-refractivity contribution in [3.8, 4) is 5.75 Å². The molecule has 2 aromatic carbocycles. The summed E-state index contributed by atoms with van der Waals surface area (Å²) in [6.07, 6.45) is 5.13. The Morgan fingerprint density at radius 2 is 1.97 bits per heavy atom. The molecule has 2 heterocycles. The van der Waals surface area contributed by atoms with Crippen LogP contribution in [0, 0.1) is 5.92 Å². The van der Waals surface area contributed by atoms with E-state index in [2.05, 4.69) is 5.16 Å². The highest BCUT2D eigenvalue weighted by molar-refractivity contribution is 6.11. The first kappa shape index (κ1) is 22.6. The molecule has 2 aliphatic rings. The van der Waals surface area contributed by atoms with Gasteiger partial charge in [0.1, 0.15) is 23.0 Å². The molecule has 34 heavy (non-hydrogen) atoms. The van der Waals surface area contributed by atoms with Crippen LogP contribution in [0.3, 0.4) is 0 Å². The minimum atomic E-state index is -0.386. The molecule has 1 aliphatic heterocycles. The molecule has 1 aliphatic carbocycles. The Kier molecular flexibility index (Phi) is 6.35. The fraction of sp³-hybridized carbons (Fsp3) is 0.481. The number of likely N-dealkylation sites (tertiary alicyclic amines) is 1. The molecular weight excluding hydrogens is 432 g/mol. The van der Waals surface area contributed by atoms with Crippen LogP contribution >= 0.6 is 0 Å². The van der Waals surface area contributed by atoms with Gasteiger partial charge >= 0.3 is 0 Å². The van der Waals surface area contributed by atoms with Gasteiger partial charge in [0.25, 0.3) is 0 Å². The zero-order chi connectivity index (χ0) is 23.7. The Morgan fingerprint density at radius 1 is 1.15 bits per heavy atom. The number of benzene rings is 2. The number of ether oxygens (including phenoxy) is 1. The molecule has 0 spiro atoms. The minimum absolute atomic E-state index is 0.00205. The number of aromatic nitrogens is 1. The van der Waals surface area contributed by atoms with Gasteiger partial charge in [0.2, 0.25) is 5.91 Å². The summed E-state index contributed by atoms with van der Waals surface area (Å²) in [5, 5.41) is 7.06. The van der Waals surface area contributed by atoms with Gasteiger partial charge in [0.05, 0.1) is 24.3 Å². The molecule has 1 aromatic heterocycles. The van der Waals surface area contributed by atoms with Crippen LogP contribution in [0.15, 0.2) is 34.9 Å². The number of carbonyl (C=O) groups is 3. The van der Waals surface area contributed by atoms with E-state index in [1.807, 2.05) is 35.2 Å². The van der Waals surface area contributed by atoms with Crippen molar-refractivity contribution in [2.24, 2.45) is 5.92 Å². The summed E-state index contributed by atoms with van der Waals surface area (Å²) >= 11 is 0. The van der Waals surface area contributed by atoms with Crippen LogP contribution in [-0.4, -0.2) is 47.2 Å². The number of nitrogens with zero attached hydrogens (tertiary/aromatic N) is 2. The van der Waals surface area contributed by atoms with Crippen LogP contribution < -0.4 is 4.74 Å². The summed E-state index contributed by atoms with van der Waals surface area (Å²) in [4.78, 5) is 37.6. The average Bonchev–Trinajstić information content (AvgIpc) is 3.26. The standard InChI is InChI=1S/C27H30N2O5/c1-17(30)29-12-10-18(11-13-29)3-2-14-33-21-6-8-22-19(15-21)4-9-25-26(22)27(28-34-25)23-7-5-20(31)16-24(23)32/h4,6,8-9,15,18,23H,2-3,5,7,10-14,16H2,1H3. The van der Waals surface area contributed by atoms with Crippen LogP contribution in [0.1, 0.15) is 63.5 Å². The third-order valence-electron chi connectivity index (χ3n) is 7.34. The molecule has 1 atom stereocenters. The molecule has 0 radical (unpaired) electrons. The van der Waals surface area contributed by atoms with Crippen molar-refractivity contribution in [1.82, 2.24) is 10.1 Å².